The van der Waals surface area contributed by atoms with E-state index in [4.69, 9.17) is 8.53 Å². The van der Waals surface area contributed by atoms with E-state index >= 15 is 0 Å². The van der Waals surface area contributed by atoms with Gasteiger partial charge in [-0.2, -0.15) is 5.26 Å². The Balaban J connectivity index is 1.08. The van der Waals surface area contributed by atoms with Gasteiger partial charge in [-0.15, -0.1) is 22.7 Å². The van der Waals surface area contributed by atoms with Gasteiger partial charge in [-0.3, -0.25) is 0 Å². The van der Waals surface area contributed by atoms with Crippen LogP contribution in [0.4, 0.5) is 5.69 Å². The predicted octanol–water partition coefficient (Wildman–Crippen LogP) is 21.6. The van der Waals surface area contributed by atoms with Gasteiger partial charge in [0.1, 0.15) is 17.2 Å². The number of thiophene rings is 2. The molecule has 374 valence electrons. The fourth-order valence-electron chi connectivity index (χ4n) is 13.0. The standard InChI is InChI=1S/C74H40N4OS2/c1-76-68-64(44-21-7-3-8-22-44)57(42-75)69(78-70-51(36-38-53-50-26-13-16-33-62(50)80-73(53)70)52-37-39-55-67-47(43-19-5-2-6-20-43)29-18-34-63(67)81-74(55)71(52)78)65(45-23-9-4-10-24-45)72(68)77-58-30-14-11-25-49(58)56-41-46(35-40-59(56)77)48-28-17-32-61-66(48)54-27-12-15-31-60(54)79-61/h2-41H/i2D,5D,6D,19D,20D. The lowest BCUT2D eigenvalue weighted by Crippen LogP contribution is -2.09. The van der Waals surface area contributed by atoms with E-state index in [-0.39, 0.29) is 17.6 Å². The minimum absolute atomic E-state index is 0.129. The molecule has 0 aliphatic rings. The molecule has 0 unspecified atom stereocenters. The Morgan fingerprint density at radius 1 is 0.444 bits per heavy atom. The molecule has 0 atom stereocenters. The van der Waals surface area contributed by atoms with Gasteiger partial charge in [-0.05, 0) is 75.8 Å². The third-order valence-electron chi connectivity index (χ3n) is 16.3. The zero-order valence-electron chi connectivity index (χ0n) is 47.7. The first kappa shape index (κ1) is 40.6. The van der Waals surface area contributed by atoms with Crippen molar-refractivity contribution in [2.75, 3.05) is 0 Å². The predicted molar refractivity (Wildman–Crippen MR) is 341 cm³/mol. The van der Waals surface area contributed by atoms with E-state index in [1.165, 1.54) is 0 Å². The van der Waals surface area contributed by atoms with Crippen molar-refractivity contribution < 1.29 is 11.3 Å². The maximum Gasteiger partial charge on any atom is 0.220 e. The van der Waals surface area contributed by atoms with Crippen LogP contribution in [0.3, 0.4) is 0 Å². The lowest BCUT2D eigenvalue weighted by molar-refractivity contribution is 0.669. The quantitative estimate of drug-likeness (QED) is 0.156. The van der Waals surface area contributed by atoms with Gasteiger partial charge in [0, 0.05) is 74.4 Å². The van der Waals surface area contributed by atoms with Crippen LogP contribution in [0.1, 0.15) is 12.4 Å². The summed E-state index contributed by atoms with van der Waals surface area (Å²) >= 11 is 3.28. The Hall–Kier alpha value is -10.5. The van der Waals surface area contributed by atoms with Crippen LogP contribution in [-0.2, 0) is 0 Å². The van der Waals surface area contributed by atoms with Crippen molar-refractivity contribution >= 4 is 134 Å². The maximum absolute atomic E-state index is 12.4. The lowest BCUT2D eigenvalue weighted by atomic mass is 9.88. The molecule has 5 heterocycles. The number of rotatable bonds is 6. The topological polar surface area (TPSA) is 51.1 Å². The normalized spacial score (nSPS) is 12.8. The monoisotopic (exact) mass is 1070 g/mol. The summed E-state index contributed by atoms with van der Waals surface area (Å²) in [5.74, 6) is 0. The van der Waals surface area contributed by atoms with Gasteiger partial charge in [-0.25, -0.2) is 4.85 Å². The molecule has 0 fully saturated rings. The second-order valence-electron chi connectivity index (χ2n) is 20.4. The Morgan fingerprint density at radius 2 is 1.04 bits per heavy atom. The van der Waals surface area contributed by atoms with E-state index in [1.54, 1.807) is 22.7 Å². The first-order valence-electron chi connectivity index (χ1n) is 29.1. The summed E-state index contributed by atoms with van der Waals surface area (Å²) in [5.41, 5.74) is 12.4. The molecule has 81 heavy (non-hydrogen) atoms. The number of fused-ring (bicyclic) bond motifs is 17. The van der Waals surface area contributed by atoms with Gasteiger partial charge in [0.2, 0.25) is 5.69 Å². The average Bonchev–Trinajstić information content (AvgIpc) is 1.51. The van der Waals surface area contributed by atoms with Crippen LogP contribution >= 0.6 is 22.7 Å². The smallest absolute Gasteiger partial charge is 0.220 e. The summed E-state index contributed by atoms with van der Waals surface area (Å²) in [5, 5.41) is 22.1. The molecule has 12 aromatic carbocycles. The molecule has 0 amide bonds. The zero-order valence-corrected chi connectivity index (χ0v) is 44.4. The first-order valence-corrected chi connectivity index (χ1v) is 28.2. The molecular formula is C74H40N4OS2. The van der Waals surface area contributed by atoms with Crippen molar-refractivity contribution in [3.63, 3.8) is 0 Å². The molecule has 5 aromatic heterocycles. The van der Waals surface area contributed by atoms with Crippen molar-refractivity contribution in [3.8, 4) is 62.0 Å². The first-order chi connectivity index (χ1) is 42.2. The molecule has 0 N–H and O–H groups in total. The van der Waals surface area contributed by atoms with Gasteiger partial charge in [-0.1, -0.05) is 200 Å². The molecule has 0 saturated carbocycles. The van der Waals surface area contributed by atoms with Crippen LogP contribution in [-0.4, -0.2) is 9.13 Å². The summed E-state index contributed by atoms with van der Waals surface area (Å²) in [6.45, 7) is 9.53. The second kappa shape index (κ2) is 17.5. The molecule has 0 aliphatic heterocycles. The van der Waals surface area contributed by atoms with Crippen LogP contribution in [0.5, 0.6) is 0 Å². The summed E-state index contributed by atoms with van der Waals surface area (Å²) in [6, 6.07) is 73.2. The highest BCUT2D eigenvalue weighted by Gasteiger charge is 2.33. The second-order valence-corrected chi connectivity index (χ2v) is 22.5. The van der Waals surface area contributed by atoms with Crippen LogP contribution in [0.15, 0.2) is 247 Å². The summed E-state index contributed by atoms with van der Waals surface area (Å²) in [7, 11) is 0. The third kappa shape index (κ3) is 6.45. The summed E-state index contributed by atoms with van der Waals surface area (Å²) in [6.07, 6.45) is 0. The van der Waals surface area contributed by atoms with Crippen molar-refractivity contribution in [1.82, 2.24) is 9.13 Å². The molecule has 0 radical (unpaired) electrons. The minimum Gasteiger partial charge on any atom is -0.456 e. The van der Waals surface area contributed by atoms with E-state index in [0.717, 1.165) is 123 Å². The number of nitrogens with zero attached hydrogens (tertiary/aromatic N) is 4. The van der Waals surface area contributed by atoms with Gasteiger partial charge >= 0.3 is 0 Å². The van der Waals surface area contributed by atoms with E-state index < -0.39 is 18.1 Å². The highest BCUT2D eigenvalue weighted by Crippen LogP contribution is 2.55. The maximum atomic E-state index is 12.4. The Kier molecular flexibility index (Phi) is 8.77. The Morgan fingerprint density at radius 3 is 1.80 bits per heavy atom. The van der Waals surface area contributed by atoms with E-state index in [1.807, 2.05) is 103 Å². The van der Waals surface area contributed by atoms with Crippen LogP contribution in [0.2, 0.25) is 0 Å². The largest absolute Gasteiger partial charge is 0.456 e. The number of hydrogen-bond donors (Lipinski definition) is 0. The fourth-order valence-corrected chi connectivity index (χ4v) is 15.5. The van der Waals surface area contributed by atoms with E-state index in [0.29, 0.717) is 44.9 Å². The molecule has 0 saturated heterocycles. The minimum atomic E-state index is -0.450. The van der Waals surface area contributed by atoms with Gasteiger partial charge < -0.3 is 13.6 Å². The Labute approximate surface area is 478 Å². The molecule has 7 heteroatoms. The zero-order chi connectivity index (χ0) is 57.8. The lowest BCUT2D eigenvalue weighted by Gasteiger charge is -2.26. The van der Waals surface area contributed by atoms with Crippen LogP contribution in [0, 0.1) is 17.9 Å². The molecule has 17 aromatic rings. The fraction of sp³-hybridized carbons (Fsp3) is 0. The molecule has 17 rings (SSSR count). The third-order valence-corrected chi connectivity index (χ3v) is 18.6. The number of para-hydroxylation sites is 2. The van der Waals surface area contributed by atoms with Gasteiger partial charge in [0.15, 0.2) is 0 Å². The number of benzene rings is 12. The molecular weight excluding hydrogens is 1020 g/mol. The van der Waals surface area contributed by atoms with Crippen LogP contribution in [0.25, 0.3) is 167 Å². The summed E-state index contributed by atoms with van der Waals surface area (Å²) < 4.78 is 59.3. The highest BCUT2D eigenvalue weighted by atomic mass is 32.1. The van der Waals surface area contributed by atoms with E-state index in [2.05, 4.69) is 129 Å². The number of furan rings is 1. The van der Waals surface area contributed by atoms with Crippen molar-refractivity contribution in [2.45, 2.75) is 0 Å². The van der Waals surface area contributed by atoms with Crippen molar-refractivity contribution in [3.05, 3.63) is 260 Å². The number of nitriles is 1. The number of aromatic nitrogens is 2. The number of hydrogen-bond acceptors (Lipinski definition) is 4. The average molecular weight is 1070 g/mol. The van der Waals surface area contributed by atoms with Gasteiger partial charge in [0.25, 0.3) is 0 Å². The SMILES string of the molecule is [2H]c1c([2H])c([2H])c(-c2cccc3sc4c(ccc5c6ccc7c8ccccc8sc7c6n(-c6c(C#N)c(-c7ccccc7)c([N+]#[C-])c(-n7c8ccccc8c8cc(-c9cccc%10oc%11ccccc%11c9%10)ccc87)c6-c6ccccc6)c54)c23)c([2H])c1[2H]. The molecule has 5 nitrogen and oxygen atoms in total. The molecule has 0 spiro atoms. The van der Waals surface area contributed by atoms with E-state index in [9.17, 15) is 14.6 Å². The molecule has 0 aliphatic carbocycles. The van der Waals surface area contributed by atoms with Crippen molar-refractivity contribution in [2.24, 2.45) is 0 Å². The van der Waals surface area contributed by atoms with Crippen LogP contribution < -0.4 is 0 Å². The molecule has 0 bridgehead atoms. The van der Waals surface area contributed by atoms with Gasteiger partial charge in [0.05, 0.1) is 61.8 Å². The Bertz CT molecular complexity index is 5910. The summed E-state index contributed by atoms with van der Waals surface area (Å²) in [4.78, 5) is 4.60. The highest BCUT2D eigenvalue weighted by molar-refractivity contribution is 7.27. The van der Waals surface area contributed by atoms with Crippen molar-refractivity contribution in [1.29, 1.82) is 5.26 Å².